The molecule has 0 radical (unpaired) electrons. The van der Waals surface area contributed by atoms with Crippen LogP contribution in [-0.4, -0.2) is 22.9 Å². The van der Waals surface area contributed by atoms with Crippen LogP contribution in [0.1, 0.15) is 56.8 Å². The largest absolute Gasteiger partial charge is 0.382 e. The van der Waals surface area contributed by atoms with Gasteiger partial charge in [-0.25, -0.2) is 0 Å². The van der Waals surface area contributed by atoms with Crippen molar-refractivity contribution in [1.29, 1.82) is 0 Å². The predicted octanol–water partition coefficient (Wildman–Crippen LogP) is 3.10. The highest BCUT2D eigenvalue weighted by Gasteiger charge is 2.22. The van der Waals surface area contributed by atoms with Gasteiger partial charge in [-0.3, -0.25) is 4.79 Å². The maximum absolute atomic E-state index is 12.2. The molecule has 1 saturated carbocycles. The van der Waals surface area contributed by atoms with E-state index < -0.39 is 0 Å². The Morgan fingerprint density at radius 2 is 2.05 bits per heavy atom. The standard InChI is InChI=1S/C15H26N4OS/c1-9(2)18-14(20)12-13(16)19-21-15(12)17-8-11-6-4-10(3)5-7-11/h9-11,17H,4-8H2,1-3H3,(H2,16,19)(H,18,20). The van der Waals surface area contributed by atoms with E-state index in [0.717, 1.165) is 17.5 Å². The molecule has 1 heterocycles. The van der Waals surface area contributed by atoms with Crippen molar-refractivity contribution < 1.29 is 4.79 Å². The zero-order chi connectivity index (χ0) is 15.4. The number of nitrogens with zero attached hydrogens (tertiary/aromatic N) is 1. The van der Waals surface area contributed by atoms with Gasteiger partial charge in [0.05, 0.1) is 0 Å². The molecule has 0 unspecified atom stereocenters. The van der Waals surface area contributed by atoms with Gasteiger partial charge >= 0.3 is 0 Å². The average Bonchev–Trinajstić information content (AvgIpc) is 2.78. The second-order valence-electron chi connectivity index (χ2n) is 6.41. The number of rotatable bonds is 5. The van der Waals surface area contributed by atoms with Crippen LogP contribution in [0.2, 0.25) is 0 Å². The fraction of sp³-hybridized carbons (Fsp3) is 0.733. The number of nitrogens with one attached hydrogen (secondary N) is 2. The minimum atomic E-state index is -0.143. The highest BCUT2D eigenvalue weighted by atomic mass is 32.1. The van der Waals surface area contributed by atoms with Crippen LogP contribution >= 0.6 is 11.5 Å². The number of hydrogen-bond donors (Lipinski definition) is 3. The van der Waals surface area contributed by atoms with Crippen molar-refractivity contribution in [2.75, 3.05) is 17.6 Å². The van der Waals surface area contributed by atoms with Gasteiger partial charge in [0.2, 0.25) is 0 Å². The number of aromatic nitrogens is 1. The van der Waals surface area contributed by atoms with Gasteiger partial charge in [0.25, 0.3) is 5.91 Å². The number of carbonyl (C=O) groups is 1. The Bertz CT molecular complexity index is 478. The first-order valence-electron chi connectivity index (χ1n) is 7.77. The van der Waals surface area contributed by atoms with E-state index in [1.165, 1.54) is 37.2 Å². The van der Waals surface area contributed by atoms with Crippen LogP contribution in [0, 0.1) is 11.8 Å². The maximum atomic E-state index is 12.2. The Kier molecular flexibility index (Phi) is 5.45. The molecule has 0 spiro atoms. The van der Waals surface area contributed by atoms with E-state index in [9.17, 15) is 4.79 Å². The van der Waals surface area contributed by atoms with Gasteiger partial charge in [-0.05, 0) is 50.1 Å². The lowest BCUT2D eigenvalue weighted by molar-refractivity contribution is 0.0945. The first-order valence-corrected chi connectivity index (χ1v) is 8.54. The van der Waals surface area contributed by atoms with Crippen molar-refractivity contribution in [1.82, 2.24) is 9.69 Å². The predicted molar refractivity (Wildman–Crippen MR) is 88.7 cm³/mol. The van der Waals surface area contributed by atoms with Crippen LogP contribution in [0.3, 0.4) is 0 Å². The Morgan fingerprint density at radius 3 is 2.67 bits per heavy atom. The monoisotopic (exact) mass is 310 g/mol. The van der Waals surface area contributed by atoms with E-state index in [4.69, 9.17) is 5.73 Å². The molecule has 4 N–H and O–H groups in total. The van der Waals surface area contributed by atoms with Gasteiger partial charge in [-0.15, -0.1) is 0 Å². The lowest BCUT2D eigenvalue weighted by atomic mass is 9.83. The number of amides is 1. The molecule has 1 aliphatic rings. The van der Waals surface area contributed by atoms with Crippen molar-refractivity contribution in [3.05, 3.63) is 5.56 Å². The van der Waals surface area contributed by atoms with Crippen molar-refractivity contribution in [3.63, 3.8) is 0 Å². The molecule has 1 amide bonds. The SMILES string of the molecule is CC1CCC(CNc2snc(N)c2C(=O)NC(C)C)CC1. The highest BCUT2D eigenvalue weighted by molar-refractivity contribution is 7.11. The van der Waals surface area contributed by atoms with E-state index in [0.29, 0.717) is 17.3 Å². The first-order chi connectivity index (χ1) is 9.97. The van der Waals surface area contributed by atoms with Crippen LogP contribution in [0.15, 0.2) is 0 Å². The van der Waals surface area contributed by atoms with Crippen molar-refractivity contribution in [2.45, 2.75) is 52.5 Å². The molecule has 1 aliphatic carbocycles. The molecule has 0 aromatic carbocycles. The topological polar surface area (TPSA) is 80.0 Å². The van der Waals surface area contributed by atoms with Gasteiger partial charge in [0.1, 0.15) is 10.6 Å². The average molecular weight is 310 g/mol. The summed E-state index contributed by atoms with van der Waals surface area (Å²) in [6, 6.07) is 0.0875. The summed E-state index contributed by atoms with van der Waals surface area (Å²) in [6.45, 7) is 7.09. The van der Waals surface area contributed by atoms with Gasteiger partial charge in [0, 0.05) is 12.6 Å². The van der Waals surface area contributed by atoms with Crippen LogP contribution < -0.4 is 16.4 Å². The highest BCUT2D eigenvalue weighted by Crippen LogP contribution is 2.31. The zero-order valence-corrected chi connectivity index (χ0v) is 13.9. The number of nitrogen functional groups attached to an aromatic ring is 1. The van der Waals surface area contributed by atoms with Crippen LogP contribution in [0.25, 0.3) is 0 Å². The second-order valence-corrected chi connectivity index (χ2v) is 7.18. The lowest BCUT2D eigenvalue weighted by Gasteiger charge is -2.26. The summed E-state index contributed by atoms with van der Waals surface area (Å²) in [7, 11) is 0. The molecule has 0 saturated heterocycles. The van der Waals surface area contributed by atoms with Crippen molar-refractivity contribution in [2.24, 2.45) is 11.8 Å². The third kappa shape index (κ3) is 4.33. The Labute approximate surface area is 130 Å². The molecule has 118 valence electrons. The molecule has 0 atom stereocenters. The lowest BCUT2D eigenvalue weighted by Crippen LogP contribution is -2.31. The molecule has 0 aliphatic heterocycles. The summed E-state index contributed by atoms with van der Waals surface area (Å²) >= 11 is 1.27. The smallest absolute Gasteiger partial charge is 0.258 e. The summed E-state index contributed by atoms with van der Waals surface area (Å²) < 4.78 is 4.12. The summed E-state index contributed by atoms with van der Waals surface area (Å²) in [5, 5.41) is 7.06. The number of hydrogen-bond acceptors (Lipinski definition) is 5. The van der Waals surface area contributed by atoms with Crippen molar-refractivity contribution >= 4 is 28.3 Å². The van der Waals surface area contributed by atoms with E-state index in [-0.39, 0.29) is 11.9 Å². The third-order valence-electron chi connectivity index (χ3n) is 4.05. The van der Waals surface area contributed by atoms with E-state index >= 15 is 0 Å². The van der Waals surface area contributed by atoms with Gasteiger partial charge in [0.15, 0.2) is 5.82 Å². The molecular formula is C15H26N4OS. The Hall–Kier alpha value is -1.30. The Morgan fingerprint density at radius 1 is 1.38 bits per heavy atom. The number of anilines is 2. The normalized spacial score (nSPS) is 22.3. The fourth-order valence-electron chi connectivity index (χ4n) is 2.75. The van der Waals surface area contributed by atoms with E-state index in [1.807, 2.05) is 13.8 Å². The van der Waals surface area contributed by atoms with Crippen LogP contribution in [0.4, 0.5) is 10.8 Å². The van der Waals surface area contributed by atoms with E-state index in [2.05, 4.69) is 21.9 Å². The zero-order valence-electron chi connectivity index (χ0n) is 13.1. The maximum Gasteiger partial charge on any atom is 0.258 e. The summed E-state index contributed by atoms with van der Waals surface area (Å²) in [5.74, 6) is 1.71. The van der Waals surface area contributed by atoms with E-state index in [1.54, 1.807) is 0 Å². The molecular weight excluding hydrogens is 284 g/mol. The third-order valence-corrected chi connectivity index (χ3v) is 4.87. The summed E-state index contributed by atoms with van der Waals surface area (Å²) in [6.07, 6.45) is 5.13. The molecule has 2 rings (SSSR count). The molecule has 1 aromatic rings. The molecule has 5 nitrogen and oxygen atoms in total. The van der Waals surface area contributed by atoms with Crippen molar-refractivity contribution in [3.8, 4) is 0 Å². The molecule has 0 bridgehead atoms. The minimum Gasteiger partial charge on any atom is -0.382 e. The fourth-order valence-corrected chi connectivity index (χ4v) is 3.46. The molecule has 6 heteroatoms. The second kappa shape index (κ2) is 7.11. The molecule has 1 aromatic heterocycles. The molecule has 21 heavy (non-hydrogen) atoms. The first kappa shape index (κ1) is 16.1. The summed E-state index contributed by atoms with van der Waals surface area (Å²) in [4.78, 5) is 12.2. The minimum absolute atomic E-state index is 0.0875. The number of nitrogens with two attached hydrogens (primary N) is 1. The molecule has 1 fully saturated rings. The number of carbonyl (C=O) groups excluding carboxylic acids is 1. The quantitative estimate of drug-likeness (QED) is 0.780. The van der Waals surface area contributed by atoms with Gasteiger partial charge in [-0.2, -0.15) is 4.37 Å². The van der Waals surface area contributed by atoms with Gasteiger partial charge < -0.3 is 16.4 Å². The summed E-state index contributed by atoms with van der Waals surface area (Å²) in [5.41, 5.74) is 6.34. The van der Waals surface area contributed by atoms with Crippen LogP contribution in [0.5, 0.6) is 0 Å². The van der Waals surface area contributed by atoms with Gasteiger partial charge in [-0.1, -0.05) is 19.8 Å². The van der Waals surface area contributed by atoms with Crippen LogP contribution in [-0.2, 0) is 0 Å². The Balaban J connectivity index is 1.96.